The summed E-state index contributed by atoms with van der Waals surface area (Å²) in [6, 6.07) is 8.85. The smallest absolute Gasteiger partial charge is 0.243 e. The molecule has 1 aliphatic heterocycles. The van der Waals surface area contributed by atoms with Crippen LogP contribution in [0.1, 0.15) is 57.6 Å². The quantitative estimate of drug-likeness (QED) is 0.828. The number of aryl methyl sites for hydroxylation is 2. The van der Waals surface area contributed by atoms with E-state index < -0.39 is 5.54 Å². The van der Waals surface area contributed by atoms with Crippen molar-refractivity contribution in [2.24, 2.45) is 17.1 Å². The van der Waals surface area contributed by atoms with Crippen LogP contribution in [-0.4, -0.2) is 42.1 Å². The van der Waals surface area contributed by atoms with Crippen molar-refractivity contribution in [3.8, 4) is 0 Å². The highest BCUT2D eigenvalue weighted by Gasteiger charge is 2.63. The minimum Gasteiger partial charge on any atom is -0.378 e. The minimum atomic E-state index is -0.776. The molecule has 150 valence electrons. The largest absolute Gasteiger partial charge is 0.378 e. The van der Waals surface area contributed by atoms with Crippen molar-refractivity contribution in [2.75, 3.05) is 19.7 Å². The Morgan fingerprint density at radius 3 is 2.41 bits per heavy atom. The number of piperidine rings is 1. The van der Waals surface area contributed by atoms with Crippen molar-refractivity contribution in [3.63, 3.8) is 0 Å². The van der Waals surface area contributed by atoms with E-state index >= 15 is 0 Å². The maximum Gasteiger partial charge on any atom is 0.243 e. The van der Waals surface area contributed by atoms with Gasteiger partial charge in [0.25, 0.3) is 0 Å². The highest BCUT2D eigenvalue weighted by molar-refractivity contribution is 5.89. The Morgan fingerprint density at radius 1 is 1.22 bits per heavy atom. The summed E-state index contributed by atoms with van der Waals surface area (Å²) >= 11 is 0. The van der Waals surface area contributed by atoms with Crippen LogP contribution < -0.4 is 5.73 Å². The Labute approximate surface area is 164 Å². The van der Waals surface area contributed by atoms with Crippen LogP contribution in [0.15, 0.2) is 24.3 Å². The first-order chi connectivity index (χ1) is 12.8. The van der Waals surface area contributed by atoms with Crippen molar-refractivity contribution < 1.29 is 9.53 Å². The second-order valence-electron chi connectivity index (χ2n) is 9.10. The van der Waals surface area contributed by atoms with Crippen LogP contribution in [0, 0.1) is 18.3 Å². The number of rotatable bonds is 6. The lowest BCUT2D eigenvalue weighted by molar-refractivity contribution is -0.180. The number of hydrogen-bond acceptors (Lipinski definition) is 3. The van der Waals surface area contributed by atoms with Crippen LogP contribution in [-0.2, 0) is 16.0 Å². The number of likely N-dealkylation sites (tertiary alicyclic amines) is 1. The summed E-state index contributed by atoms with van der Waals surface area (Å²) < 4.78 is 5.77. The third-order valence-electron chi connectivity index (χ3n) is 7.08. The van der Waals surface area contributed by atoms with Gasteiger partial charge in [0.1, 0.15) is 5.54 Å². The van der Waals surface area contributed by atoms with Crippen molar-refractivity contribution in [2.45, 2.75) is 71.4 Å². The van der Waals surface area contributed by atoms with Gasteiger partial charge in [-0.15, -0.1) is 0 Å². The molecule has 2 atom stereocenters. The Morgan fingerprint density at radius 2 is 1.85 bits per heavy atom. The second kappa shape index (κ2) is 7.92. The zero-order valence-corrected chi connectivity index (χ0v) is 17.5. The molecule has 0 bridgehead atoms. The van der Waals surface area contributed by atoms with E-state index in [1.54, 1.807) is 0 Å². The summed E-state index contributed by atoms with van der Waals surface area (Å²) in [5.74, 6) is 0.829. The van der Waals surface area contributed by atoms with Crippen LogP contribution in [0.5, 0.6) is 0 Å². The number of hydrogen-bond donors (Lipinski definition) is 1. The molecule has 0 spiro atoms. The highest BCUT2D eigenvalue weighted by atomic mass is 16.5. The maximum absolute atomic E-state index is 13.1. The molecule has 27 heavy (non-hydrogen) atoms. The lowest BCUT2D eigenvalue weighted by Crippen LogP contribution is -2.76. The lowest BCUT2D eigenvalue weighted by atomic mass is 9.54. The summed E-state index contributed by atoms with van der Waals surface area (Å²) in [5, 5.41) is 0. The zero-order valence-electron chi connectivity index (χ0n) is 17.5. The molecule has 0 aromatic heterocycles. The molecule has 3 rings (SSSR count). The first-order valence-electron chi connectivity index (χ1n) is 10.5. The third-order valence-corrected chi connectivity index (χ3v) is 7.08. The fraction of sp³-hybridized carbons (Fsp3) is 0.696. The molecule has 4 heteroatoms. The fourth-order valence-electron chi connectivity index (χ4n) is 4.63. The summed E-state index contributed by atoms with van der Waals surface area (Å²) in [4.78, 5) is 15.1. The minimum absolute atomic E-state index is 0.0866. The predicted molar refractivity (Wildman–Crippen MR) is 110 cm³/mol. The Bertz CT molecular complexity index is 647. The van der Waals surface area contributed by atoms with E-state index in [1.165, 1.54) is 17.5 Å². The van der Waals surface area contributed by atoms with Crippen LogP contribution in [0.4, 0.5) is 0 Å². The highest BCUT2D eigenvalue weighted by Crippen LogP contribution is 2.50. The van der Waals surface area contributed by atoms with Gasteiger partial charge in [0.15, 0.2) is 0 Å². The van der Waals surface area contributed by atoms with Gasteiger partial charge in [0.05, 0.1) is 6.10 Å². The monoisotopic (exact) mass is 372 g/mol. The van der Waals surface area contributed by atoms with E-state index in [-0.39, 0.29) is 17.4 Å². The number of nitrogens with two attached hydrogens (primary N) is 1. The molecule has 4 nitrogen and oxygen atoms in total. The van der Waals surface area contributed by atoms with Crippen molar-refractivity contribution >= 4 is 5.91 Å². The molecule has 1 amide bonds. The summed E-state index contributed by atoms with van der Waals surface area (Å²) in [5.41, 5.74) is 8.23. The molecule has 1 aromatic carbocycles. The van der Waals surface area contributed by atoms with E-state index in [4.69, 9.17) is 10.5 Å². The topological polar surface area (TPSA) is 55.6 Å². The summed E-state index contributed by atoms with van der Waals surface area (Å²) in [6.07, 6.45) is 5.23. The van der Waals surface area contributed by atoms with Crippen LogP contribution in [0.25, 0.3) is 0 Å². The number of benzene rings is 1. The molecule has 1 saturated carbocycles. The van der Waals surface area contributed by atoms with E-state index in [0.717, 1.165) is 32.4 Å². The molecule has 1 saturated heterocycles. The maximum atomic E-state index is 13.1. The second-order valence-corrected chi connectivity index (χ2v) is 9.10. The van der Waals surface area contributed by atoms with Gasteiger partial charge in [-0.1, -0.05) is 43.7 Å². The van der Waals surface area contributed by atoms with Gasteiger partial charge in [-0.05, 0) is 51.0 Å². The summed E-state index contributed by atoms with van der Waals surface area (Å²) in [7, 11) is 0. The Kier molecular flexibility index (Phi) is 5.97. The van der Waals surface area contributed by atoms with Gasteiger partial charge >= 0.3 is 0 Å². The molecular weight excluding hydrogens is 336 g/mol. The van der Waals surface area contributed by atoms with Gasteiger partial charge < -0.3 is 15.4 Å². The van der Waals surface area contributed by atoms with Gasteiger partial charge in [-0.2, -0.15) is 0 Å². The molecule has 1 aromatic rings. The van der Waals surface area contributed by atoms with Gasteiger partial charge in [0.2, 0.25) is 5.91 Å². The first-order valence-corrected chi connectivity index (χ1v) is 10.5. The average molecular weight is 373 g/mol. The van der Waals surface area contributed by atoms with Gasteiger partial charge in [0, 0.05) is 31.5 Å². The average Bonchev–Trinajstić information content (AvgIpc) is 2.67. The predicted octanol–water partition coefficient (Wildman–Crippen LogP) is 3.70. The van der Waals surface area contributed by atoms with Crippen LogP contribution >= 0.6 is 0 Å². The van der Waals surface area contributed by atoms with E-state index in [0.29, 0.717) is 18.9 Å². The number of nitrogens with zero attached hydrogens (tertiary/aromatic N) is 1. The van der Waals surface area contributed by atoms with Gasteiger partial charge in [-0.3, -0.25) is 4.79 Å². The van der Waals surface area contributed by atoms with Crippen LogP contribution in [0.3, 0.4) is 0 Å². The molecular formula is C23H36N2O2. The molecule has 1 aliphatic carbocycles. The number of ether oxygens (including phenoxy) is 1. The van der Waals surface area contributed by atoms with E-state index in [2.05, 4.69) is 45.0 Å². The van der Waals surface area contributed by atoms with Crippen LogP contribution in [0.2, 0.25) is 0 Å². The number of amides is 1. The van der Waals surface area contributed by atoms with Gasteiger partial charge in [-0.25, -0.2) is 0 Å². The van der Waals surface area contributed by atoms with Crippen molar-refractivity contribution in [3.05, 3.63) is 35.4 Å². The molecule has 2 fully saturated rings. The number of carbonyl (C=O) groups is 1. The van der Waals surface area contributed by atoms with Crippen molar-refractivity contribution in [1.29, 1.82) is 0 Å². The van der Waals surface area contributed by atoms with Crippen molar-refractivity contribution in [1.82, 2.24) is 4.90 Å². The third kappa shape index (κ3) is 3.93. The van der Waals surface area contributed by atoms with E-state index in [9.17, 15) is 4.79 Å². The van der Waals surface area contributed by atoms with E-state index in [1.807, 2.05) is 11.8 Å². The Hall–Kier alpha value is -1.39. The fourth-order valence-corrected chi connectivity index (χ4v) is 4.63. The Balaban J connectivity index is 1.49. The molecule has 1 heterocycles. The zero-order chi connectivity index (χ0) is 19.7. The number of carbonyl (C=O) groups excluding carboxylic acids is 1. The first kappa shape index (κ1) is 20.3. The SMILES string of the molecule is CCOC1CC(N)(C(=O)N2CCC(CCc3ccc(C)cc3)CC2)C1(C)C. The molecule has 2 unspecified atom stereocenters. The molecule has 0 radical (unpaired) electrons. The standard InChI is InChI=1S/C23H36N2O2/c1-5-27-20-16-23(24,22(20,3)4)21(26)25-14-12-19(13-15-25)11-10-18-8-6-17(2)7-9-18/h6-9,19-20H,5,10-16,24H2,1-4H3. The molecule has 2 aliphatic rings. The summed E-state index contributed by atoms with van der Waals surface area (Å²) in [6.45, 7) is 10.6. The lowest BCUT2D eigenvalue weighted by Gasteiger charge is -2.59. The normalized spacial score (nSPS) is 28.0. The molecule has 2 N–H and O–H groups in total.